The van der Waals surface area contributed by atoms with Gasteiger partial charge in [-0.3, -0.25) is 5.10 Å². The van der Waals surface area contributed by atoms with Crippen molar-refractivity contribution < 1.29 is 18.7 Å². The topological polar surface area (TPSA) is 66.0 Å². The van der Waals surface area contributed by atoms with Gasteiger partial charge >= 0.3 is 11.9 Å². The second-order valence-electron chi connectivity index (χ2n) is 3.40. The maximum atomic E-state index is 13.4. The smallest absolute Gasteiger partial charge is 0.379 e. The second-order valence-corrected chi connectivity index (χ2v) is 3.40. The number of carboxylic acid groups (broad SMARTS) is 1. The Bertz CT molecular complexity index is 537. The molecule has 1 aromatic carbocycles. The van der Waals surface area contributed by atoms with Crippen molar-refractivity contribution in [3.05, 3.63) is 42.1 Å². The molecule has 88 valence electrons. The molecule has 0 fully saturated rings. The van der Waals surface area contributed by atoms with Crippen LogP contribution in [0.3, 0.4) is 0 Å². The van der Waals surface area contributed by atoms with Gasteiger partial charge in [0.1, 0.15) is 0 Å². The van der Waals surface area contributed by atoms with E-state index in [1.54, 1.807) is 30.3 Å². The van der Waals surface area contributed by atoms with E-state index in [0.29, 0.717) is 5.56 Å². The summed E-state index contributed by atoms with van der Waals surface area (Å²) in [5.74, 6) is -6.16. The van der Waals surface area contributed by atoms with E-state index >= 15 is 0 Å². The zero-order chi connectivity index (χ0) is 12.5. The highest BCUT2D eigenvalue weighted by molar-refractivity contribution is 5.80. The fourth-order valence-corrected chi connectivity index (χ4v) is 1.46. The predicted molar refractivity (Wildman–Crippen MR) is 55.6 cm³/mol. The van der Waals surface area contributed by atoms with E-state index in [1.807, 2.05) is 0 Å². The molecule has 0 bridgehead atoms. The van der Waals surface area contributed by atoms with Crippen LogP contribution >= 0.6 is 0 Å². The molecular formula is C11H8F2N2O2. The zero-order valence-corrected chi connectivity index (χ0v) is 8.52. The van der Waals surface area contributed by atoms with E-state index in [2.05, 4.69) is 10.2 Å². The maximum Gasteiger partial charge on any atom is 0.379 e. The van der Waals surface area contributed by atoms with Gasteiger partial charge in [0.2, 0.25) is 0 Å². The number of carboxylic acids is 1. The number of aromatic nitrogens is 2. The molecule has 2 N–H and O–H groups in total. The van der Waals surface area contributed by atoms with Gasteiger partial charge in [0.05, 0.1) is 17.5 Å². The number of aromatic amines is 1. The summed E-state index contributed by atoms with van der Waals surface area (Å²) < 4.78 is 26.8. The number of hydrogen-bond acceptors (Lipinski definition) is 2. The molecular weight excluding hydrogens is 230 g/mol. The monoisotopic (exact) mass is 238 g/mol. The van der Waals surface area contributed by atoms with Gasteiger partial charge in [0, 0.05) is 5.56 Å². The summed E-state index contributed by atoms with van der Waals surface area (Å²) in [5, 5.41) is 14.4. The van der Waals surface area contributed by atoms with E-state index in [1.165, 1.54) is 0 Å². The molecule has 2 rings (SSSR count). The number of rotatable bonds is 3. The quantitative estimate of drug-likeness (QED) is 0.861. The fraction of sp³-hybridized carbons (Fsp3) is 0.0909. The number of H-pyrrole nitrogens is 1. The third kappa shape index (κ3) is 1.89. The van der Waals surface area contributed by atoms with E-state index in [-0.39, 0.29) is 5.69 Å². The lowest BCUT2D eigenvalue weighted by Gasteiger charge is -2.11. The molecule has 0 aliphatic heterocycles. The largest absolute Gasteiger partial charge is 0.477 e. The van der Waals surface area contributed by atoms with Crippen molar-refractivity contribution in [2.75, 3.05) is 0 Å². The SMILES string of the molecule is O=C(O)C(F)(F)c1cn[nH]c1-c1ccccc1. The van der Waals surface area contributed by atoms with Gasteiger partial charge in [-0.25, -0.2) is 4.79 Å². The van der Waals surface area contributed by atoms with Gasteiger partial charge in [-0.05, 0) is 0 Å². The minimum absolute atomic E-state index is 0.0120. The van der Waals surface area contributed by atoms with Gasteiger partial charge in [0.25, 0.3) is 0 Å². The Morgan fingerprint density at radius 2 is 1.94 bits per heavy atom. The van der Waals surface area contributed by atoms with E-state index in [0.717, 1.165) is 6.20 Å². The number of nitrogens with one attached hydrogen (secondary N) is 1. The molecule has 0 radical (unpaired) electrons. The molecule has 6 heteroatoms. The summed E-state index contributed by atoms with van der Waals surface area (Å²) >= 11 is 0. The molecule has 0 amide bonds. The molecule has 0 saturated heterocycles. The van der Waals surface area contributed by atoms with Crippen LogP contribution in [-0.4, -0.2) is 21.3 Å². The molecule has 0 aliphatic carbocycles. The van der Waals surface area contributed by atoms with Crippen molar-refractivity contribution in [1.29, 1.82) is 0 Å². The standard InChI is InChI=1S/C11H8F2N2O2/c12-11(13,10(16)17)8-6-14-15-9(8)7-4-2-1-3-5-7/h1-6H,(H,14,15)(H,16,17). The summed E-state index contributed by atoms with van der Waals surface area (Å²) in [4.78, 5) is 10.5. The van der Waals surface area contributed by atoms with E-state index in [9.17, 15) is 13.6 Å². The van der Waals surface area contributed by atoms with Crippen LogP contribution in [0.1, 0.15) is 5.56 Å². The first-order valence-corrected chi connectivity index (χ1v) is 4.74. The average molecular weight is 238 g/mol. The number of hydrogen-bond donors (Lipinski definition) is 2. The van der Waals surface area contributed by atoms with Crippen LogP contribution in [0, 0.1) is 0 Å². The van der Waals surface area contributed by atoms with Gasteiger partial charge in [-0.2, -0.15) is 13.9 Å². The van der Waals surface area contributed by atoms with Crippen molar-refractivity contribution in [2.45, 2.75) is 5.92 Å². The van der Waals surface area contributed by atoms with Crippen molar-refractivity contribution in [3.63, 3.8) is 0 Å². The van der Waals surface area contributed by atoms with Crippen molar-refractivity contribution in [3.8, 4) is 11.3 Å². The molecule has 0 saturated carbocycles. The minimum atomic E-state index is -3.96. The lowest BCUT2D eigenvalue weighted by molar-refractivity contribution is -0.166. The molecule has 0 spiro atoms. The van der Waals surface area contributed by atoms with Crippen LogP contribution in [0.25, 0.3) is 11.3 Å². The van der Waals surface area contributed by atoms with Crippen molar-refractivity contribution in [1.82, 2.24) is 10.2 Å². The minimum Gasteiger partial charge on any atom is -0.477 e. The third-order valence-corrected chi connectivity index (χ3v) is 2.31. The van der Waals surface area contributed by atoms with E-state index in [4.69, 9.17) is 5.11 Å². The summed E-state index contributed by atoms with van der Waals surface area (Å²) in [6, 6.07) is 8.25. The van der Waals surface area contributed by atoms with Gasteiger partial charge in [-0.1, -0.05) is 30.3 Å². The summed E-state index contributed by atoms with van der Waals surface area (Å²) in [6.45, 7) is 0. The lowest BCUT2D eigenvalue weighted by atomic mass is 10.0. The number of carbonyl (C=O) groups is 1. The Morgan fingerprint density at radius 3 is 2.53 bits per heavy atom. The summed E-state index contributed by atoms with van der Waals surface area (Å²) in [5.41, 5.74) is -0.171. The molecule has 0 atom stereocenters. The zero-order valence-electron chi connectivity index (χ0n) is 8.52. The first-order chi connectivity index (χ1) is 8.03. The number of nitrogens with zero attached hydrogens (tertiary/aromatic N) is 1. The molecule has 0 aliphatic rings. The highest BCUT2D eigenvalue weighted by Crippen LogP contribution is 2.34. The molecule has 4 nitrogen and oxygen atoms in total. The number of benzene rings is 1. The van der Waals surface area contributed by atoms with Gasteiger partial charge in [-0.15, -0.1) is 0 Å². The van der Waals surface area contributed by atoms with Crippen LogP contribution < -0.4 is 0 Å². The van der Waals surface area contributed by atoms with Gasteiger partial charge in [0.15, 0.2) is 0 Å². The van der Waals surface area contributed by atoms with Crippen molar-refractivity contribution in [2.24, 2.45) is 0 Å². The highest BCUT2D eigenvalue weighted by Gasteiger charge is 2.44. The number of alkyl halides is 2. The molecule has 1 aromatic heterocycles. The Labute approximate surface area is 94.9 Å². The Balaban J connectivity index is 2.53. The maximum absolute atomic E-state index is 13.4. The number of halogens is 2. The first kappa shape index (κ1) is 11.3. The van der Waals surface area contributed by atoms with Crippen molar-refractivity contribution >= 4 is 5.97 Å². The van der Waals surface area contributed by atoms with E-state index < -0.39 is 17.5 Å². The van der Waals surface area contributed by atoms with Crippen LogP contribution in [0.4, 0.5) is 8.78 Å². The molecule has 1 heterocycles. The third-order valence-electron chi connectivity index (χ3n) is 2.31. The molecule has 17 heavy (non-hydrogen) atoms. The normalized spacial score (nSPS) is 11.4. The predicted octanol–water partition coefficient (Wildman–Crippen LogP) is 2.25. The van der Waals surface area contributed by atoms with Crippen LogP contribution in [0.2, 0.25) is 0 Å². The Morgan fingerprint density at radius 1 is 1.29 bits per heavy atom. The van der Waals surface area contributed by atoms with Crippen LogP contribution in [-0.2, 0) is 10.7 Å². The Hall–Kier alpha value is -2.24. The fourth-order valence-electron chi connectivity index (χ4n) is 1.46. The number of aliphatic carboxylic acids is 1. The van der Waals surface area contributed by atoms with Crippen LogP contribution in [0.15, 0.2) is 36.5 Å². The molecule has 2 aromatic rings. The first-order valence-electron chi connectivity index (χ1n) is 4.74. The van der Waals surface area contributed by atoms with Crippen LogP contribution in [0.5, 0.6) is 0 Å². The Kier molecular flexibility index (Phi) is 2.63. The van der Waals surface area contributed by atoms with Gasteiger partial charge < -0.3 is 5.11 Å². The lowest BCUT2D eigenvalue weighted by Crippen LogP contribution is -2.25. The molecule has 0 unspecified atom stereocenters. The second kappa shape index (κ2) is 3.97. The summed E-state index contributed by atoms with van der Waals surface area (Å²) in [7, 11) is 0. The highest BCUT2D eigenvalue weighted by atomic mass is 19.3. The average Bonchev–Trinajstić information content (AvgIpc) is 2.79. The summed E-state index contributed by atoms with van der Waals surface area (Å²) in [6.07, 6.45) is 0.830.